The number of aromatic amines is 1. The smallest absolute Gasteiger partial charge is 0.408 e. The molecule has 1 aromatic heterocycles. The molecule has 3 aromatic rings. The number of H-pyrrole nitrogens is 1. The van der Waals surface area contributed by atoms with Crippen molar-refractivity contribution in [1.82, 2.24) is 36.2 Å². The number of rotatable bonds is 7. The summed E-state index contributed by atoms with van der Waals surface area (Å²) in [6, 6.07) is 15.9. The van der Waals surface area contributed by atoms with E-state index in [9.17, 15) is 14.4 Å². The van der Waals surface area contributed by atoms with Gasteiger partial charge in [-0.2, -0.15) is 5.21 Å². The van der Waals surface area contributed by atoms with Crippen molar-refractivity contribution >= 4 is 29.7 Å². The van der Waals surface area contributed by atoms with Gasteiger partial charge < -0.3 is 20.3 Å². The lowest BCUT2D eigenvalue weighted by molar-refractivity contribution is -0.152. The van der Waals surface area contributed by atoms with Crippen molar-refractivity contribution in [1.29, 1.82) is 0 Å². The van der Waals surface area contributed by atoms with E-state index in [1.54, 1.807) is 40.9 Å². The lowest BCUT2D eigenvalue weighted by Crippen LogP contribution is -2.68. The molecule has 2 aliphatic heterocycles. The average molecular weight is 508 g/mol. The summed E-state index contributed by atoms with van der Waals surface area (Å²) in [5.41, 5.74) is 1.39. The maximum absolute atomic E-state index is 13.4. The number of tetrazole rings is 1. The maximum Gasteiger partial charge on any atom is 0.408 e. The Morgan fingerprint density at radius 3 is 2.50 bits per heavy atom. The molecule has 186 valence electrons. The summed E-state index contributed by atoms with van der Waals surface area (Å²) < 4.78 is 4.93. The Balaban J connectivity index is 1.28. The van der Waals surface area contributed by atoms with Crippen LogP contribution in [0, 0.1) is 0 Å². The van der Waals surface area contributed by atoms with Crippen LogP contribution < -0.4 is 10.6 Å². The SMILES string of the molecule is CC1(C)S[C@H]2C(NC(=O)C(NC(=O)OCc3ccccc3)c3ccccc3)C(=O)N2C1c1nn[nH]n1. The number of hydrogen-bond acceptors (Lipinski definition) is 8. The second-order valence-corrected chi connectivity index (χ2v) is 10.8. The van der Waals surface area contributed by atoms with Crippen LogP contribution in [0.15, 0.2) is 60.7 Å². The van der Waals surface area contributed by atoms with Crippen molar-refractivity contribution < 1.29 is 19.1 Å². The molecule has 2 aromatic carbocycles. The molecular formula is C24H25N7O4S. The van der Waals surface area contributed by atoms with Gasteiger partial charge >= 0.3 is 6.09 Å². The summed E-state index contributed by atoms with van der Waals surface area (Å²) in [4.78, 5) is 40.7. The summed E-state index contributed by atoms with van der Waals surface area (Å²) >= 11 is 1.56. The van der Waals surface area contributed by atoms with E-state index in [4.69, 9.17) is 4.74 Å². The van der Waals surface area contributed by atoms with Crippen LogP contribution in [0.1, 0.15) is 42.9 Å². The van der Waals surface area contributed by atoms with Crippen LogP contribution in [-0.2, 0) is 20.9 Å². The van der Waals surface area contributed by atoms with E-state index in [1.165, 1.54) is 0 Å². The van der Waals surface area contributed by atoms with Gasteiger partial charge in [-0.05, 0) is 25.0 Å². The highest BCUT2D eigenvalue weighted by Gasteiger charge is 2.63. The van der Waals surface area contributed by atoms with Crippen molar-refractivity contribution in [2.24, 2.45) is 0 Å². The van der Waals surface area contributed by atoms with Crippen LogP contribution in [0.5, 0.6) is 0 Å². The summed E-state index contributed by atoms with van der Waals surface area (Å²) in [7, 11) is 0. The minimum absolute atomic E-state index is 0.0666. The van der Waals surface area contributed by atoms with Gasteiger partial charge in [0.15, 0.2) is 5.82 Å². The molecular weight excluding hydrogens is 482 g/mol. The number of benzene rings is 2. The first-order valence-corrected chi connectivity index (χ1v) is 12.3. The molecule has 2 aliphatic rings. The number of amides is 3. The van der Waals surface area contributed by atoms with Crippen molar-refractivity contribution in [2.75, 3.05) is 0 Å². The van der Waals surface area contributed by atoms with E-state index >= 15 is 0 Å². The molecule has 12 heteroatoms. The molecule has 0 spiro atoms. The van der Waals surface area contributed by atoms with Crippen molar-refractivity contribution in [2.45, 2.75) is 48.7 Å². The highest BCUT2D eigenvalue weighted by Crippen LogP contribution is 2.56. The third-order valence-corrected chi connectivity index (χ3v) is 7.79. The minimum atomic E-state index is -1.04. The molecule has 0 radical (unpaired) electrons. The predicted molar refractivity (Wildman–Crippen MR) is 130 cm³/mol. The number of fused-ring (bicyclic) bond motifs is 1. The zero-order valence-electron chi connectivity index (χ0n) is 19.6. The topological polar surface area (TPSA) is 142 Å². The second kappa shape index (κ2) is 9.61. The Kier molecular flexibility index (Phi) is 6.35. The van der Waals surface area contributed by atoms with Crippen LogP contribution in [0.2, 0.25) is 0 Å². The molecule has 3 unspecified atom stereocenters. The normalized spacial score (nSPS) is 22.8. The van der Waals surface area contributed by atoms with Crippen LogP contribution in [-0.4, -0.2) is 59.6 Å². The lowest BCUT2D eigenvalue weighted by Gasteiger charge is -2.44. The number of nitrogens with one attached hydrogen (secondary N) is 3. The number of carbonyl (C=O) groups excluding carboxylic acids is 3. The Morgan fingerprint density at radius 1 is 1.14 bits per heavy atom. The summed E-state index contributed by atoms with van der Waals surface area (Å²) in [5.74, 6) is -0.310. The second-order valence-electron chi connectivity index (χ2n) is 9.07. The summed E-state index contributed by atoms with van der Waals surface area (Å²) in [6.45, 7) is 4.07. The Morgan fingerprint density at radius 2 is 1.83 bits per heavy atom. The lowest BCUT2D eigenvalue weighted by atomic mass is 9.95. The van der Waals surface area contributed by atoms with E-state index in [-0.39, 0.29) is 28.7 Å². The van der Waals surface area contributed by atoms with E-state index in [0.29, 0.717) is 11.4 Å². The molecule has 36 heavy (non-hydrogen) atoms. The fraction of sp³-hybridized carbons (Fsp3) is 0.333. The molecule has 0 bridgehead atoms. The molecule has 0 saturated carbocycles. The van der Waals surface area contributed by atoms with Gasteiger partial charge in [-0.1, -0.05) is 65.9 Å². The number of β-lactam (4-membered cyclic amide) rings is 1. The van der Waals surface area contributed by atoms with Crippen molar-refractivity contribution in [3.05, 3.63) is 77.6 Å². The third kappa shape index (κ3) is 4.51. The quantitative estimate of drug-likeness (QED) is 0.413. The largest absolute Gasteiger partial charge is 0.445 e. The molecule has 2 fully saturated rings. The molecule has 11 nitrogen and oxygen atoms in total. The van der Waals surface area contributed by atoms with Gasteiger partial charge in [0.25, 0.3) is 0 Å². The first kappa shape index (κ1) is 23.8. The monoisotopic (exact) mass is 507 g/mol. The van der Waals surface area contributed by atoms with Gasteiger partial charge in [-0.25, -0.2) is 4.79 Å². The highest BCUT2D eigenvalue weighted by atomic mass is 32.2. The first-order valence-electron chi connectivity index (χ1n) is 11.4. The number of nitrogens with zero attached hydrogens (tertiary/aromatic N) is 4. The number of alkyl carbamates (subject to hydrolysis) is 1. The maximum atomic E-state index is 13.4. The highest BCUT2D eigenvalue weighted by molar-refractivity contribution is 8.01. The predicted octanol–water partition coefficient (Wildman–Crippen LogP) is 2.09. The zero-order valence-corrected chi connectivity index (χ0v) is 20.4. The van der Waals surface area contributed by atoms with E-state index < -0.39 is 24.1 Å². The number of carbonyl (C=O) groups is 3. The molecule has 3 heterocycles. The fourth-order valence-corrected chi connectivity index (χ4v) is 6.14. The number of aromatic nitrogens is 4. The van der Waals surface area contributed by atoms with Crippen LogP contribution in [0.3, 0.4) is 0 Å². The van der Waals surface area contributed by atoms with Gasteiger partial charge in [0.1, 0.15) is 30.1 Å². The molecule has 3 amide bonds. The van der Waals surface area contributed by atoms with Crippen LogP contribution in [0.25, 0.3) is 0 Å². The Bertz CT molecular complexity index is 1240. The van der Waals surface area contributed by atoms with E-state index in [2.05, 4.69) is 31.3 Å². The van der Waals surface area contributed by atoms with E-state index in [0.717, 1.165) is 5.56 Å². The third-order valence-electron chi connectivity index (χ3n) is 6.22. The zero-order chi connectivity index (χ0) is 25.3. The van der Waals surface area contributed by atoms with Gasteiger partial charge in [0, 0.05) is 4.75 Å². The van der Waals surface area contributed by atoms with Gasteiger partial charge in [0.05, 0.1) is 0 Å². The van der Waals surface area contributed by atoms with Crippen molar-refractivity contribution in [3.63, 3.8) is 0 Å². The minimum Gasteiger partial charge on any atom is -0.445 e. The summed E-state index contributed by atoms with van der Waals surface area (Å²) in [6.07, 6.45) is -0.738. The Hall–Kier alpha value is -3.93. The van der Waals surface area contributed by atoms with Gasteiger partial charge in [-0.3, -0.25) is 9.59 Å². The molecule has 2 saturated heterocycles. The average Bonchev–Trinajstić information content (AvgIpc) is 3.49. The summed E-state index contributed by atoms with van der Waals surface area (Å²) in [5, 5.41) is 19.4. The van der Waals surface area contributed by atoms with Crippen LogP contribution >= 0.6 is 11.8 Å². The fourth-order valence-electron chi connectivity index (χ4n) is 4.51. The number of thioether (sulfide) groups is 1. The number of ether oxygens (including phenoxy) is 1. The molecule has 4 atom stereocenters. The van der Waals surface area contributed by atoms with Gasteiger partial charge in [-0.15, -0.1) is 22.0 Å². The van der Waals surface area contributed by atoms with Crippen LogP contribution in [0.4, 0.5) is 4.79 Å². The Labute approximate surface area is 211 Å². The molecule has 0 aliphatic carbocycles. The first-order chi connectivity index (χ1) is 17.3. The van der Waals surface area contributed by atoms with Gasteiger partial charge in [0.2, 0.25) is 11.8 Å². The van der Waals surface area contributed by atoms with E-state index in [1.807, 2.05) is 50.2 Å². The molecule has 3 N–H and O–H groups in total. The van der Waals surface area contributed by atoms with Crippen molar-refractivity contribution in [3.8, 4) is 0 Å². The molecule has 5 rings (SSSR count). The number of hydrogen-bond donors (Lipinski definition) is 3. The standard InChI is InChI=1S/C24H25N7O4S/c1-24(2)18(19-27-29-30-28-19)31-21(33)17(22(31)36-24)25-20(32)16(15-11-7-4-8-12-15)26-23(34)35-13-14-9-5-3-6-10-14/h3-12,16-18,22H,13H2,1-2H3,(H,25,32)(H,26,34)(H,27,28,29,30)/t16?,17?,18?,22-/m0/s1.